The summed E-state index contributed by atoms with van der Waals surface area (Å²) in [6.45, 7) is 7.56. The van der Waals surface area contributed by atoms with Crippen LogP contribution in [0.1, 0.15) is 17.7 Å². The zero-order valence-corrected chi connectivity index (χ0v) is 17.9. The third kappa shape index (κ3) is 2.90. The highest BCUT2D eigenvalue weighted by atomic mass is 32.1. The molecule has 0 spiro atoms. The average Bonchev–Trinajstić information content (AvgIpc) is 3.35. The molecule has 2 aromatic heterocycles. The molecule has 2 aromatic rings. The molecule has 154 valence electrons. The molecular weight excluding hydrogens is 398 g/mol. The number of piperazine rings is 1. The number of nitriles is 2. The Morgan fingerprint density at radius 3 is 2.67 bits per heavy atom. The maximum absolute atomic E-state index is 10.0. The molecule has 8 nitrogen and oxygen atoms in total. The highest BCUT2D eigenvalue weighted by Gasteiger charge is 2.37. The number of H-pyrrole nitrogens is 1. The predicted molar refractivity (Wildman–Crippen MR) is 115 cm³/mol. The standard InChI is InChI=1S/C21H23N7OS/c1-13-14(10-22)19(15(11-23)17-12-29-8-7-28(13)17)18-9-16-20(30-18)21(25-24-16)27-5-3-26(2)4-6-27/h9,19H,3-8,12H2,1-2H3,(H,24,25). The molecule has 30 heavy (non-hydrogen) atoms. The van der Waals surface area contributed by atoms with Crippen molar-refractivity contribution in [2.45, 2.75) is 12.8 Å². The van der Waals surface area contributed by atoms with Gasteiger partial charge >= 0.3 is 0 Å². The van der Waals surface area contributed by atoms with Crippen molar-refractivity contribution in [1.29, 1.82) is 10.5 Å². The van der Waals surface area contributed by atoms with Crippen LogP contribution in [0.2, 0.25) is 0 Å². The first-order chi connectivity index (χ1) is 14.6. The zero-order valence-electron chi connectivity index (χ0n) is 17.1. The number of morpholine rings is 1. The number of ether oxygens (including phenoxy) is 1. The second kappa shape index (κ2) is 7.44. The minimum Gasteiger partial charge on any atom is -0.373 e. The van der Waals surface area contributed by atoms with Crippen molar-refractivity contribution in [2.24, 2.45) is 0 Å². The summed E-state index contributed by atoms with van der Waals surface area (Å²) in [6.07, 6.45) is 0. The molecule has 0 aliphatic carbocycles. The Bertz CT molecular complexity index is 1140. The van der Waals surface area contributed by atoms with Crippen LogP contribution in [0.5, 0.6) is 0 Å². The maximum atomic E-state index is 10.0. The lowest BCUT2D eigenvalue weighted by molar-refractivity contribution is 0.0836. The number of hydrogen-bond acceptors (Lipinski definition) is 8. The van der Waals surface area contributed by atoms with Gasteiger partial charge in [-0.1, -0.05) is 0 Å². The van der Waals surface area contributed by atoms with E-state index >= 15 is 0 Å². The Kier molecular flexibility index (Phi) is 4.75. The zero-order chi connectivity index (χ0) is 20.8. The van der Waals surface area contributed by atoms with E-state index in [4.69, 9.17) is 4.74 Å². The quantitative estimate of drug-likeness (QED) is 0.795. The molecule has 9 heteroatoms. The maximum Gasteiger partial charge on any atom is 0.168 e. The predicted octanol–water partition coefficient (Wildman–Crippen LogP) is 2.38. The molecular formula is C21H23N7OS. The van der Waals surface area contributed by atoms with Gasteiger partial charge in [0.1, 0.15) is 0 Å². The third-order valence-corrected chi connectivity index (χ3v) is 7.47. The van der Waals surface area contributed by atoms with Crippen LogP contribution in [0.4, 0.5) is 5.82 Å². The van der Waals surface area contributed by atoms with Gasteiger partial charge in [-0.3, -0.25) is 5.10 Å². The highest BCUT2D eigenvalue weighted by Crippen LogP contribution is 2.46. The number of nitrogens with one attached hydrogen (secondary N) is 1. The van der Waals surface area contributed by atoms with Crippen molar-refractivity contribution in [3.8, 4) is 12.1 Å². The third-order valence-electron chi connectivity index (χ3n) is 6.27. The first kappa shape index (κ1) is 19.1. The number of aromatic nitrogens is 2. The summed E-state index contributed by atoms with van der Waals surface area (Å²) in [6, 6.07) is 6.84. The summed E-state index contributed by atoms with van der Waals surface area (Å²) in [7, 11) is 2.14. The molecule has 1 N–H and O–H groups in total. The summed E-state index contributed by atoms with van der Waals surface area (Å²) in [4.78, 5) is 7.71. The number of thiophene rings is 1. The molecule has 2 saturated heterocycles. The topological polar surface area (TPSA) is 95.2 Å². The molecule has 0 bridgehead atoms. The van der Waals surface area contributed by atoms with Crippen LogP contribution in [0.25, 0.3) is 10.2 Å². The van der Waals surface area contributed by atoms with Gasteiger partial charge in [0, 0.05) is 43.3 Å². The first-order valence-corrected chi connectivity index (χ1v) is 10.9. The van der Waals surface area contributed by atoms with E-state index in [1.165, 1.54) is 0 Å². The van der Waals surface area contributed by atoms with Crippen molar-refractivity contribution >= 4 is 27.4 Å². The van der Waals surface area contributed by atoms with Crippen molar-refractivity contribution in [3.63, 3.8) is 0 Å². The molecule has 1 unspecified atom stereocenters. The van der Waals surface area contributed by atoms with Gasteiger partial charge < -0.3 is 19.4 Å². The van der Waals surface area contributed by atoms with E-state index < -0.39 is 0 Å². The lowest BCUT2D eigenvalue weighted by Gasteiger charge is -2.39. The van der Waals surface area contributed by atoms with Gasteiger partial charge in [-0.15, -0.1) is 11.3 Å². The Morgan fingerprint density at radius 2 is 1.93 bits per heavy atom. The Labute approximate surface area is 179 Å². The van der Waals surface area contributed by atoms with Crippen LogP contribution >= 0.6 is 11.3 Å². The van der Waals surface area contributed by atoms with E-state index in [0.29, 0.717) is 30.9 Å². The molecule has 0 aromatic carbocycles. The number of allylic oxidation sites excluding steroid dienone is 3. The van der Waals surface area contributed by atoms with E-state index in [9.17, 15) is 10.5 Å². The molecule has 3 aliphatic rings. The fraction of sp³-hybridized carbons (Fsp3) is 0.476. The summed E-state index contributed by atoms with van der Waals surface area (Å²) in [5.74, 6) is 0.622. The van der Waals surface area contributed by atoms with Crippen LogP contribution in [0, 0.1) is 22.7 Å². The van der Waals surface area contributed by atoms with Gasteiger partial charge in [-0.05, 0) is 20.0 Å². The van der Waals surface area contributed by atoms with Crippen molar-refractivity contribution in [1.82, 2.24) is 20.0 Å². The fourth-order valence-corrected chi connectivity index (χ4v) is 5.80. The lowest BCUT2D eigenvalue weighted by atomic mass is 9.84. The SMILES string of the molecule is CC1=C(C#N)C(c2cc3[nH]nc(N4CCN(C)CC4)c3s2)C(C#N)=C2COCCN12. The Balaban J connectivity index is 1.59. The summed E-state index contributed by atoms with van der Waals surface area (Å²) >= 11 is 1.63. The molecule has 5 rings (SSSR count). The summed E-state index contributed by atoms with van der Waals surface area (Å²) < 4.78 is 6.74. The van der Waals surface area contributed by atoms with E-state index in [-0.39, 0.29) is 5.92 Å². The molecule has 3 aliphatic heterocycles. The van der Waals surface area contributed by atoms with Gasteiger partial charge in [-0.2, -0.15) is 15.6 Å². The van der Waals surface area contributed by atoms with Crippen LogP contribution in [0.15, 0.2) is 28.6 Å². The number of rotatable bonds is 2. The van der Waals surface area contributed by atoms with Gasteiger partial charge in [0.25, 0.3) is 0 Å². The van der Waals surface area contributed by atoms with Crippen molar-refractivity contribution in [3.05, 3.63) is 33.5 Å². The molecule has 1 atom stereocenters. The van der Waals surface area contributed by atoms with Gasteiger partial charge in [0.15, 0.2) is 5.82 Å². The Morgan fingerprint density at radius 1 is 1.17 bits per heavy atom. The molecule has 5 heterocycles. The van der Waals surface area contributed by atoms with E-state index in [1.807, 2.05) is 6.92 Å². The largest absolute Gasteiger partial charge is 0.373 e. The minimum absolute atomic E-state index is 0.348. The Hall–Kier alpha value is -2.85. The number of likely N-dealkylation sites (N-methyl/N-ethyl adjacent to an activating group) is 1. The molecule has 0 amide bonds. The number of anilines is 1. The normalized spacial score (nSPS) is 23.0. The fourth-order valence-electron chi connectivity index (χ4n) is 4.55. The van der Waals surface area contributed by atoms with Crippen molar-refractivity contribution in [2.75, 3.05) is 57.9 Å². The van der Waals surface area contributed by atoms with E-state index in [2.05, 4.69) is 50.1 Å². The molecule has 0 radical (unpaired) electrons. The van der Waals surface area contributed by atoms with Crippen molar-refractivity contribution < 1.29 is 4.74 Å². The number of hydrogen-bond donors (Lipinski definition) is 1. The van der Waals surface area contributed by atoms with Crippen LogP contribution in [-0.2, 0) is 4.74 Å². The first-order valence-electron chi connectivity index (χ1n) is 10.1. The van der Waals surface area contributed by atoms with E-state index in [0.717, 1.165) is 58.5 Å². The monoisotopic (exact) mass is 421 g/mol. The summed E-state index contributed by atoms with van der Waals surface area (Å²) in [5, 5.41) is 27.7. The number of fused-ring (bicyclic) bond motifs is 2. The number of aromatic amines is 1. The minimum atomic E-state index is -0.348. The second-order valence-electron chi connectivity index (χ2n) is 7.95. The van der Waals surface area contributed by atoms with Gasteiger partial charge in [0.05, 0.1) is 58.3 Å². The molecule has 0 saturated carbocycles. The smallest absolute Gasteiger partial charge is 0.168 e. The van der Waals surface area contributed by atoms with Crippen LogP contribution in [0.3, 0.4) is 0 Å². The molecule has 2 fully saturated rings. The highest BCUT2D eigenvalue weighted by molar-refractivity contribution is 7.19. The lowest BCUT2D eigenvalue weighted by Crippen LogP contribution is -2.44. The van der Waals surface area contributed by atoms with Crippen LogP contribution < -0.4 is 4.90 Å². The van der Waals surface area contributed by atoms with E-state index in [1.54, 1.807) is 11.3 Å². The van der Waals surface area contributed by atoms with Gasteiger partial charge in [-0.25, -0.2) is 0 Å². The number of nitrogens with zero attached hydrogens (tertiary/aromatic N) is 6. The second-order valence-corrected chi connectivity index (χ2v) is 9.03. The van der Waals surface area contributed by atoms with Crippen LogP contribution in [-0.4, -0.2) is 73.0 Å². The summed E-state index contributed by atoms with van der Waals surface area (Å²) in [5.41, 5.74) is 4.04. The average molecular weight is 422 g/mol. The van der Waals surface area contributed by atoms with Gasteiger partial charge in [0.2, 0.25) is 0 Å².